The molecule has 0 heterocycles. The van der Waals surface area contributed by atoms with Crippen molar-refractivity contribution in [1.29, 1.82) is 0 Å². The Morgan fingerprint density at radius 1 is 1.00 bits per heavy atom. The Kier molecular flexibility index (Phi) is 18.4. The first-order valence-electron chi connectivity index (χ1n) is 2.53. The van der Waals surface area contributed by atoms with Crippen LogP contribution in [0.15, 0.2) is 12.1 Å². The van der Waals surface area contributed by atoms with Crippen LogP contribution in [0.1, 0.15) is 0 Å². The Labute approximate surface area is 128 Å². The first-order valence-corrected chi connectivity index (χ1v) is 3.28. The molecule has 0 unspecified atom stereocenters. The van der Waals surface area contributed by atoms with Gasteiger partial charge in [0.2, 0.25) is 0 Å². The predicted octanol–water partition coefficient (Wildman–Crippen LogP) is -7.72. The molecule has 0 saturated heterocycles. The van der Waals surface area contributed by atoms with E-state index in [1.54, 1.807) is 0 Å². The van der Waals surface area contributed by atoms with Gasteiger partial charge in [-0.1, -0.05) is 29.0 Å². The van der Waals surface area contributed by atoms with E-state index in [2.05, 4.69) is 0 Å². The summed E-state index contributed by atoms with van der Waals surface area (Å²) < 4.78 is 0. The summed E-state index contributed by atoms with van der Waals surface area (Å²) in [5.41, 5.74) is 5.72. The molecule has 1 aromatic rings. The van der Waals surface area contributed by atoms with Crippen molar-refractivity contribution >= 4 is 52.8 Å². The van der Waals surface area contributed by atoms with Crippen LogP contribution in [0.25, 0.3) is 0 Å². The zero-order valence-electron chi connectivity index (χ0n) is 6.53. The van der Waals surface area contributed by atoms with E-state index in [1.807, 2.05) is 0 Å². The zero-order valence-corrected chi connectivity index (χ0v) is 13.2. The fraction of sp³-hybridized carbons (Fsp3) is 0. The van der Waals surface area contributed by atoms with Crippen LogP contribution in [-0.4, -0.2) is 23.9 Å². The standard InChI is InChI=1S/C6H5Cl2NO.3ClH.Sn/c7-4-1-3(9)2-5(8)6(4)10;;;;/h1-2,10H,9H2;3*1H;/q;;;;+4/p-4. The minimum absolute atomic E-state index is 0. The normalized spacial score (nSPS) is 7.00. The maximum atomic E-state index is 10.8. The second-order valence-electron chi connectivity index (χ2n) is 1.81. The quantitative estimate of drug-likeness (QED) is 0.347. The van der Waals surface area contributed by atoms with Gasteiger partial charge in [-0.2, -0.15) is 0 Å². The van der Waals surface area contributed by atoms with Crippen LogP contribution in [0.4, 0.5) is 5.69 Å². The van der Waals surface area contributed by atoms with Gasteiger partial charge in [-0.15, -0.1) is 0 Å². The van der Waals surface area contributed by atoms with Gasteiger partial charge in [-0.05, 0) is 12.1 Å². The monoisotopic (exact) mass is 401 g/mol. The maximum absolute atomic E-state index is 10.8. The van der Waals surface area contributed by atoms with Crippen LogP contribution in [0.3, 0.4) is 0 Å². The molecular weight excluding hydrogens is 398 g/mol. The van der Waals surface area contributed by atoms with Gasteiger partial charge in [0, 0.05) is 15.7 Å². The van der Waals surface area contributed by atoms with Crippen LogP contribution >= 0.6 is 23.2 Å². The third-order valence-electron chi connectivity index (χ3n) is 1.02. The van der Waals surface area contributed by atoms with E-state index in [1.165, 1.54) is 12.1 Å². The van der Waals surface area contributed by atoms with Crippen molar-refractivity contribution in [2.24, 2.45) is 0 Å². The molecule has 0 atom stereocenters. The molecule has 0 saturated carbocycles. The van der Waals surface area contributed by atoms with Gasteiger partial charge >= 0.3 is 23.9 Å². The van der Waals surface area contributed by atoms with E-state index in [-0.39, 0.29) is 76.9 Å². The molecule has 14 heavy (non-hydrogen) atoms. The summed E-state index contributed by atoms with van der Waals surface area (Å²) in [5.74, 6) is -0.377. The molecule has 0 aliphatic rings. The summed E-state index contributed by atoms with van der Waals surface area (Å²) in [5, 5.41) is 10.9. The van der Waals surface area contributed by atoms with E-state index < -0.39 is 0 Å². The Morgan fingerprint density at radius 2 is 1.29 bits per heavy atom. The van der Waals surface area contributed by atoms with E-state index in [0.717, 1.165) is 0 Å². The Morgan fingerprint density at radius 3 is 1.57 bits per heavy atom. The number of nitrogens with two attached hydrogens (primary N) is 1. The number of hydrogen-bond acceptors (Lipinski definition) is 2. The van der Waals surface area contributed by atoms with Crippen molar-refractivity contribution in [3.8, 4) is 5.75 Å². The first kappa shape index (κ1) is 24.3. The van der Waals surface area contributed by atoms with Crippen molar-refractivity contribution in [3.05, 3.63) is 22.2 Å². The number of nitrogen functional groups attached to an aromatic ring is 1. The van der Waals surface area contributed by atoms with Gasteiger partial charge in [0.15, 0.2) is 0 Å². The fourth-order valence-corrected chi connectivity index (χ4v) is 1.08. The Balaban J connectivity index is -0.000000125. The second-order valence-corrected chi connectivity index (χ2v) is 2.63. The molecule has 0 fully saturated rings. The molecule has 1 rings (SSSR count). The number of halogens is 5. The number of anilines is 1. The molecular formula is C6H4Cl5NOSn. The predicted molar refractivity (Wildman–Crippen MR) is 46.1 cm³/mol. The van der Waals surface area contributed by atoms with Crippen LogP contribution in [0, 0.1) is 0 Å². The zero-order chi connectivity index (χ0) is 7.72. The summed E-state index contributed by atoms with van der Waals surface area (Å²) in [7, 11) is 0. The third kappa shape index (κ3) is 6.53. The van der Waals surface area contributed by atoms with Crippen molar-refractivity contribution in [3.63, 3.8) is 0 Å². The first-order chi connectivity index (χ1) is 4.61. The van der Waals surface area contributed by atoms with Gasteiger partial charge in [0.05, 0.1) is 0 Å². The molecule has 0 spiro atoms. The molecule has 78 valence electrons. The SMILES string of the molecule is Nc1cc(Cl)c([O-])c(Cl)c1.[Cl-].[Cl-].[Cl-].[Sn+4]. The minimum Gasteiger partial charge on any atom is -1.00 e. The summed E-state index contributed by atoms with van der Waals surface area (Å²) >= 11 is 10.9. The second kappa shape index (κ2) is 10.6. The smallest absolute Gasteiger partial charge is 1.00 e. The van der Waals surface area contributed by atoms with Gasteiger partial charge in [-0.25, -0.2) is 0 Å². The topological polar surface area (TPSA) is 49.1 Å². The van der Waals surface area contributed by atoms with Crippen LogP contribution in [-0.2, 0) is 0 Å². The molecule has 8 heteroatoms. The third-order valence-corrected chi connectivity index (χ3v) is 1.58. The molecule has 1 aromatic carbocycles. The van der Waals surface area contributed by atoms with Crippen molar-refractivity contribution in [2.75, 3.05) is 5.73 Å². The van der Waals surface area contributed by atoms with Crippen molar-refractivity contribution in [1.82, 2.24) is 0 Å². The van der Waals surface area contributed by atoms with Gasteiger partial charge in [-0.3, -0.25) is 0 Å². The molecule has 0 amide bonds. The summed E-state index contributed by atoms with van der Waals surface area (Å²) in [6.45, 7) is 0. The number of rotatable bonds is 0. The van der Waals surface area contributed by atoms with E-state index in [4.69, 9.17) is 28.9 Å². The average molecular weight is 402 g/mol. The summed E-state index contributed by atoms with van der Waals surface area (Å²) in [6.07, 6.45) is 0. The maximum Gasteiger partial charge on any atom is 4.00 e. The molecule has 0 aliphatic heterocycles. The van der Waals surface area contributed by atoms with E-state index in [9.17, 15) is 5.11 Å². The summed E-state index contributed by atoms with van der Waals surface area (Å²) in [4.78, 5) is 0. The largest absolute Gasteiger partial charge is 4.00 e. The Bertz CT molecular complexity index is 249. The van der Waals surface area contributed by atoms with Crippen LogP contribution in [0.5, 0.6) is 5.75 Å². The van der Waals surface area contributed by atoms with Crippen LogP contribution < -0.4 is 48.1 Å². The average Bonchev–Trinajstić information content (AvgIpc) is 1.82. The molecule has 0 bridgehead atoms. The molecule has 2 nitrogen and oxygen atoms in total. The minimum atomic E-state index is -0.377. The molecule has 2 N–H and O–H groups in total. The fourth-order valence-electron chi connectivity index (χ4n) is 0.579. The molecule has 0 radical (unpaired) electrons. The van der Waals surface area contributed by atoms with Gasteiger partial charge in [0.25, 0.3) is 0 Å². The summed E-state index contributed by atoms with van der Waals surface area (Å²) in [6, 6.07) is 2.74. The van der Waals surface area contributed by atoms with Crippen molar-refractivity contribution < 1.29 is 42.3 Å². The van der Waals surface area contributed by atoms with Crippen LogP contribution in [0.2, 0.25) is 10.0 Å². The number of benzene rings is 1. The Hall–Kier alpha value is 1.07. The van der Waals surface area contributed by atoms with Gasteiger partial charge < -0.3 is 48.1 Å². The van der Waals surface area contributed by atoms with E-state index in [0.29, 0.717) is 5.69 Å². The molecule has 0 aromatic heterocycles. The number of hydrogen-bond donors (Lipinski definition) is 1. The van der Waals surface area contributed by atoms with Gasteiger partial charge in [0.1, 0.15) is 0 Å². The van der Waals surface area contributed by atoms with E-state index >= 15 is 0 Å². The van der Waals surface area contributed by atoms with Crippen molar-refractivity contribution in [2.45, 2.75) is 0 Å². The molecule has 0 aliphatic carbocycles.